The summed E-state index contributed by atoms with van der Waals surface area (Å²) in [6.07, 6.45) is 13.6. The molecule has 1 aliphatic rings. The van der Waals surface area contributed by atoms with E-state index >= 15 is 0 Å². The van der Waals surface area contributed by atoms with Crippen LogP contribution in [-0.4, -0.2) is 20.1 Å². The molecule has 1 aliphatic carbocycles. The Labute approximate surface area is 131 Å². The number of hydrogen-bond acceptors (Lipinski definition) is 5. The summed E-state index contributed by atoms with van der Waals surface area (Å²) in [4.78, 5) is 12.6. The highest BCUT2D eigenvalue weighted by molar-refractivity contribution is 5.44. The van der Waals surface area contributed by atoms with E-state index in [2.05, 4.69) is 27.0 Å². The van der Waals surface area contributed by atoms with Gasteiger partial charge in [0.25, 0.3) is 5.89 Å². The number of hydrogen-bond donors (Lipinski definition) is 0. The highest BCUT2D eigenvalue weighted by atomic mass is 16.5. The molecular weight excluding hydrogens is 276 g/mol. The van der Waals surface area contributed by atoms with Crippen molar-refractivity contribution in [1.29, 1.82) is 0 Å². The van der Waals surface area contributed by atoms with Crippen molar-refractivity contribution < 1.29 is 4.52 Å². The summed E-state index contributed by atoms with van der Waals surface area (Å²) in [5, 5.41) is 4.17. The number of nitrogens with zero attached hydrogens (tertiary/aromatic N) is 4. The van der Waals surface area contributed by atoms with Gasteiger partial charge in [0.05, 0.1) is 0 Å². The maximum Gasteiger partial charge on any atom is 0.276 e. The Hall–Kier alpha value is -1.78. The summed E-state index contributed by atoms with van der Waals surface area (Å²) >= 11 is 0. The lowest BCUT2D eigenvalue weighted by molar-refractivity contribution is 0.292. The second-order valence-electron chi connectivity index (χ2n) is 6.27. The van der Waals surface area contributed by atoms with Crippen LogP contribution in [0.3, 0.4) is 0 Å². The summed E-state index contributed by atoms with van der Waals surface area (Å²) in [5.41, 5.74) is 0.696. The average molecular weight is 300 g/mol. The lowest BCUT2D eigenvalue weighted by atomic mass is 9.79. The van der Waals surface area contributed by atoms with Gasteiger partial charge in [-0.2, -0.15) is 4.98 Å². The molecule has 5 heteroatoms. The number of rotatable bonds is 6. The SMILES string of the molecule is CCCCCC1CCC(c2noc(-c3ccncn3)n2)CC1. The second-order valence-corrected chi connectivity index (χ2v) is 6.27. The normalized spacial score (nSPS) is 21.9. The monoisotopic (exact) mass is 300 g/mol. The van der Waals surface area contributed by atoms with Crippen molar-refractivity contribution in [3.05, 3.63) is 24.4 Å². The molecule has 5 nitrogen and oxygen atoms in total. The lowest BCUT2D eigenvalue weighted by Gasteiger charge is -2.26. The molecular formula is C17H24N4O. The fraction of sp³-hybridized carbons (Fsp3) is 0.647. The van der Waals surface area contributed by atoms with E-state index in [4.69, 9.17) is 4.52 Å². The molecule has 0 amide bonds. The van der Waals surface area contributed by atoms with Crippen LogP contribution in [0.2, 0.25) is 0 Å². The highest BCUT2D eigenvalue weighted by Gasteiger charge is 2.26. The van der Waals surface area contributed by atoms with Crippen molar-refractivity contribution >= 4 is 0 Å². The van der Waals surface area contributed by atoms with E-state index in [9.17, 15) is 0 Å². The van der Waals surface area contributed by atoms with Gasteiger partial charge in [-0.15, -0.1) is 0 Å². The molecule has 0 radical (unpaired) electrons. The van der Waals surface area contributed by atoms with E-state index in [1.54, 1.807) is 12.3 Å². The Balaban J connectivity index is 1.55. The molecule has 0 bridgehead atoms. The van der Waals surface area contributed by atoms with Crippen LogP contribution in [0, 0.1) is 5.92 Å². The van der Waals surface area contributed by atoms with Crippen LogP contribution in [0.15, 0.2) is 23.1 Å². The van der Waals surface area contributed by atoms with E-state index in [0.29, 0.717) is 17.5 Å². The minimum atomic E-state index is 0.446. The van der Waals surface area contributed by atoms with Gasteiger partial charge in [-0.3, -0.25) is 0 Å². The zero-order chi connectivity index (χ0) is 15.2. The minimum Gasteiger partial charge on any atom is -0.332 e. The second kappa shape index (κ2) is 7.47. The zero-order valence-corrected chi connectivity index (χ0v) is 13.2. The van der Waals surface area contributed by atoms with E-state index < -0.39 is 0 Å². The third-order valence-electron chi connectivity index (χ3n) is 4.67. The molecule has 2 aromatic heterocycles. The van der Waals surface area contributed by atoms with Crippen molar-refractivity contribution in [2.24, 2.45) is 5.92 Å². The van der Waals surface area contributed by atoms with Crippen LogP contribution in [0.5, 0.6) is 0 Å². The van der Waals surface area contributed by atoms with Crippen molar-refractivity contribution in [3.63, 3.8) is 0 Å². The van der Waals surface area contributed by atoms with Crippen LogP contribution >= 0.6 is 0 Å². The summed E-state index contributed by atoms with van der Waals surface area (Å²) in [6.45, 7) is 2.27. The Morgan fingerprint density at radius 3 is 2.77 bits per heavy atom. The summed E-state index contributed by atoms with van der Waals surface area (Å²) in [5.74, 6) is 2.70. The maximum absolute atomic E-state index is 5.36. The molecule has 0 unspecified atom stereocenters. The summed E-state index contributed by atoms with van der Waals surface area (Å²) in [7, 11) is 0. The first kappa shape index (κ1) is 15.1. The van der Waals surface area contributed by atoms with Gasteiger partial charge in [-0.25, -0.2) is 9.97 Å². The first-order chi connectivity index (χ1) is 10.9. The van der Waals surface area contributed by atoms with Gasteiger partial charge < -0.3 is 4.52 Å². The number of unbranched alkanes of at least 4 members (excludes halogenated alkanes) is 2. The van der Waals surface area contributed by atoms with Gasteiger partial charge in [-0.05, 0) is 37.7 Å². The molecule has 22 heavy (non-hydrogen) atoms. The lowest BCUT2D eigenvalue weighted by Crippen LogP contribution is -2.14. The standard InChI is InChI=1S/C17H24N4O/c1-2-3-4-5-13-6-8-14(9-7-13)16-20-17(22-21-16)15-10-11-18-12-19-15/h10-14H,2-9H2,1H3. The molecule has 0 atom stereocenters. The first-order valence-electron chi connectivity index (χ1n) is 8.46. The van der Waals surface area contributed by atoms with Crippen LogP contribution < -0.4 is 0 Å². The molecule has 0 aromatic carbocycles. The highest BCUT2D eigenvalue weighted by Crippen LogP contribution is 2.37. The Morgan fingerprint density at radius 1 is 1.18 bits per heavy atom. The van der Waals surface area contributed by atoms with E-state index in [0.717, 1.165) is 11.7 Å². The van der Waals surface area contributed by atoms with Crippen LogP contribution in [0.1, 0.15) is 70.0 Å². The molecule has 1 saturated carbocycles. The number of aromatic nitrogens is 4. The van der Waals surface area contributed by atoms with Crippen molar-refractivity contribution in [1.82, 2.24) is 20.1 Å². The molecule has 118 valence electrons. The quantitative estimate of drug-likeness (QED) is 0.741. The molecule has 2 aromatic rings. The van der Waals surface area contributed by atoms with E-state index in [-0.39, 0.29) is 0 Å². The fourth-order valence-electron chi connectivity index (χ4n) is 3.31. The Kier molecular flexibility index (Phi) is 5.14. The predicted molar refractivity (Wildman–Crippen MR) is 84.2 cm³/mol. The molecule has 1 fully saturated rings. The van der Waals surface area contributed by atoms with Crippen LogP contribution in [0.25, 0.3) is 11.6 Å². The van der Waals surface area contributed by atoms with Gasteiger partial charge in [-0.1, -0.05) is 37.8 Å². The smallest absolute Gasteiger partial charge is 0.276 e. The van der Waals surface area contributed by atoms with E-state index in [1.165, 1.54) is 57.7 Å². The van der Waals surface area contributed by atoms with Gasteiger partial charge in [0.1, 0.15) is 12.0 Å². The van der Waals surface area contributed by atoms with Gasteiger partial charge in [0, 0.05) is 12.1 Å². The van der Waals surface area contributed by atoms with Gasteiger partial charge in [0.2, 0.25) is 0 Å². The van der Waals surface area contributed by atoms with Crippen molar-refractivity contribution in [3.8, 4) is 11.6 Å². The molecule has 3 rings (SSSR count). The third kappa shape index (κ3) is 3.70. The summed E-state index contributed by atoms with van der Waals surface area (Å²) < 4.78 is 5.36. The molecule has 0 N–H and O–H groups in total. The fourth-order valence-corrected chi connectivity index (χ4v) is 3.31. The van der Waals surface area contributed by atoms with Gasteiger partial charge >= 0.3 is 0 Å². The maximum atomic E-state index is 5.36. The topological polar surface area (TPSA) is 64.7 Å². The minimum absolute atomic E-state index is 0.446. The largest absolute Gasteiger partial charge is 0.332 e. The molecule has 2 heterocycles. The van der Waals surface area contributed by atoms with E-state index in [1.807, 2.05) is 0 Å². The first-order valence-corrected chi connectivity index (χ1v) is 8.46. The predicted octanol–water partition coefficient (Wildman–Crippen LogP) is 4.38. The molecule has 0 aliphatic heterocycles. The van der Waals surface area contributed by atoms with Crippen LogP contribution in [0.4, 0.5) is 0 Å². The third-order valence-corrected chi connectivity index (χ3v) is 4.67. The average Bonchev–Trinajstić information content (AvgIpc) is 3.07. The molecule has 0 spiro atoms. The van der Waals surface area contributed by atoms with Crippen molar-refractivity contribution in [2.45, 2.75) is 64.2 Å². The van der Waals surface area contributed by atoms with Crippen molar-refractivity contribution in [2.75, 3.05) is 0 Å². The summed E-state index contributed by atoms with van der Waals surface area (Å²) in [6, 6.07) is 1.79. The van der Waals surface area contributed by atoms with Gasteiger partial charge in [0.15, 0.2) is 5.82 Å². The van der Waals surface area contributed by atoms with Crippen LogP contribution in [-0.2, 0) is 0 Å². The molecule has 0 saturated heterocycles. The Morgan fingerprint density at radius 2 is 2.05 bits per heavy atom. The zero-order valence-electron chi connectivity index (χ0n) is 13.2. The Bertz CT molecular complexity index is 561.